The van der Waals surface area contributed by atoms with Crippen molar-refractivity contribution in [3.8, 4) is 0 Å². The second kappa shape index (κ2) is 5.57. The zero-order chi connectivity index (χ0) is 13.8. The molecule has 2 aromatic rings. The van der Waals surface area contributed by atoms with Crippen LogP contribution in [0.5, 0.6) is 0 Å². The number of nitrogen functional groups attached to an aromatic ring is 1. The van der Waals surface area contributed by atoms with Crippen LogP contribution in [0.15, 0.2) is 42.5 Å². The Balaban J connectivity index is 2.10. The van der Waals surface area contributed by atoms with E-state index in [0.29, 0.717) is 12.2 Å². The smallest absolute Gasteiger partial charge is 0.252 e. The lowest BCUT2D eigenvalue weighted by Crippen LogP contribution is -2.24. The maximum atomic E-state index is 12.2. The van der Waals surface area contributed by atoms with E-state index < -0.39 is 0 Å². The molecule has 0 heterocycles. The van der Waals surface area contributed by atoms with Gasteiger partial charge in [-0.1, -0.05) is 30.3 Å². The highest BCUT2D eigenvalue weighted by Gasteiger charge is 2.11. The first-order chi connectivity index (χ1) is 9.08. The molecule has 3 N–H and O–H groups in total. The summed E-state index contributed by atoms with van der Waals surface area (Å²) in [4.78, 5) is 12.2. The Morgan fingerprint density at radius 3 is 2.37 bits per heavy atom. The highest BCUT2D eigenvalue weighted by atomic mass is 16.1. The van der Waals surface area contributed by atoms with Crippen LogP contribution in [0.25, 0.3) is 0 Å². The fourth-order valence-electron chi connectivity index (χ4n) is 2.15. The molecule has 1 amide bonds. The van der Waals surface area contributed by atoms with E-state index in [2.05, 4.69) is 5.32 Å². The minimum Gasteiger partial charge on any atom is -0.399 e. The summed E-state index contributed by atoms with van der Waals surface area (Å²) in [6.45, 7) is 4.38. The Kier molecular flexibility index (Phi) is 3.85. The van der Waals surface area contributed by atoms with E-state index in [9.17, 15) is 4.79 Å². The summed E-state index contributed by atoms with van der Waals surface area (Å²) in [6.07, 6.45) is 0. The molecular weight excluding hydrogens is 236 g/mol. The molecule has 0 fully saturated rings. The van der Waals surface area contributed by atoms with Gasteiger partial charge in [0, 0.05) is 17.8 Å². The van der Waals surface area contributed by atoms with Gasteiger partial charge in [0.15, 0.2) is 0 Å². The highest BCUT2D eigenvalue weighted by Crippen LogP contribution is 2.13. The fraction of sp³-hybridized carbons (Fsp3) is 0.188. The SMILES string of the molecule is Cc1cccc(C)c1C(=O)NCc1cccc(N)c1. The van der Waals surface area contributed by atoms with Crippen molar-refractivity contribution in [2.45, 2.75) is 20.4 Å². The van der Waals surface area contributed by atoms with Gasteiger partial charge in [0.2, 0.25) is 0 Å². The van der Waals surface area contributed by atoms with Crippen LogP contribution in [-0.2, 0) is 6.54 Å². The highest BCUT2D eigenvalue weighted by molar-refractivity contribution is 5.97. The first-order valence-corrected chi connectivity index (χ1v) is 6.27. The number of benzene rings is 2. The summed E-state index contributed by atoms with van der Waals surface area (Å²) in [6, 6.07) is 13.4. The first kappa shape index (κ1) is 13.1. The third-order valence-corrected chi connectivity index (χ3v) is 3.11. The molecule has 3 nitrogen and oxygen atoms in total. The average molecular weight is 254 g/mol. The summed E-state index contributed by atoms with van der Waals surface area (Å²) >= 11 is 0. The number of anilines is 1. The molecule has 0 atom stereocenters. The number of aryl methyl sites for hydroxylation is 2. The number of hydrogen-bond donors (Lipinski definition) is 2. The number of hydrogen-bond acceptors (Lipinski definition) is 2. The number of rotatable bonds is 3. The molecule has 0 aliphatic carbocycles. The van der Waals surface area contributed by atoms with Crippen LogP contribution in [0.1, 0.15) is 27.0 Å². The number of carbonyl (C=O) groups excluding carboxylic acids is 1. The quantitative estimate of drug-likeness (QED) is 0.827. The van der Waals surface area contributed by atoms with E-state index >= 15 is 0 Å². The molecule has 0 saturated heterocycles. The van der Waals surface area contributed by atoms with E-state index in [0.717, 1.165) is 22.3 Å². The van der Waals surface area contributed by atoms with Gasteiger partial charge in [-0.15, -0.1) is 0 Å². The molecule has 0 bridgehead atoms. The van der Waals surface area contributed by atoms with Crippen LogP contribution in [0.2, 0.25) is 0 Å². The Hall–Kier alpha value is -2.29. The van der Waals surface area contributed by atoms with Crippen molar-refractivity contribution < 1.29 is 4.79 Å². The molecule has 0 unspecified atom stereocenters. The number of nitrogens with one attached hydrogen (secondary N) is 1. The average Bonchev–Trinajstić information content (AvgIpc) is 2.36. The van der Waals surface area contributed by atoms with Crippen molar-refractivity contribution in [2.75, 3.05) is 5.73 Å². The largest absolute Gasteiger partial charge is 0.399 e. The van der Waals surface area contributed by atoms with Gasteiger partial charge in [-0.3, -0.25) is 4.79 Å². The molecule has 19 heavy (non-hydrogen) atoms. The van der Waals surface area contributed by atoms with Crippen LogP contribution in [0.3, 0.4) is 0 Å². The Morgan fingerprint density at radius 1 is 1.11 bits per heavy atom. The summed E-state index contributed by atoms with van der Waals surface area (Å²) in [5, 5.41) is 2.93. The number of amides is 1. The van der Waals surface area contributed by atoms with E-state index in [1.54, 1.807) is 0 Å². The molecule has 0 aliphatic rings. The van der Waals surface area contributed by atoms with Crippen LogP contribution in [0, 0.1) is 13.8 Å². The predicted octanol–water partition coefficient (Wildman–Crippen LogP) is 2.82. The van der Waals surface area contributed by atoms with Gasteiger partial charge in [-0.25, -0.2) is 0 Å². The molecule has 0 spiro atoms. The lowest BCUT2D eigenvalue weighted by Gasteiger charge is -2.10. The van der Waals surface area contributed by atoms with Crippen LogP contribution >= 0.6 is 0 Å². The topological polar surface area (TPSA) is 55.1 Å². The third kappa shape index (κ3) is 3.13. The second-order valence-electron chi connectivity index (χ2n) is 4.69. The summed E-state index contributed by atoms with van der Waals surface area (Å²) < 4.78 is 0. The minimum absolute atomic E-state index is 0.0435. The Labute approximate surface area is 113 Å². The van der Waals surface area contributed by atoms with Crippen molar-refractivity contribution in [1.82, 2.24) is 5.32 Å². The van der Waals surface area contributed by atoms with Crippen LogP contribution < -0.4 is 11.1 Å². The zero-order valence-electron chi connectivity index (χ0n) is 11.2. The molecule has 98 valence electrons. The normalized spacial score (nSPS) is 10.2. The van der Waals surface area contributed by atoms with Crippen LogP contribution in [0.4, 0.5) is 5.69 Å². The van der Waals surface area contributed by atoms with Gasteiger partial charge in [-0.2, -0.15) is 0 Å². The minimum atomic E-state index is -0.0435. The lowest BCUT2D eigenvalue weighted by molar-refractivity contribution is 0.0949. The van der Waals surface area contributed by atoms with Gasteiger partial charge in [0.1, 0.15) is 0 Å². The molecular formula is C16H18N2O. The van der Waals surface area contributed by atoms with Crippen molar-refractivity contribution in [2.24, 2.45) is 0 Å². The van der Waals surface area contributed by atoms with Crippen molar-refractivity contribution >= 4 is 11.6 Å². The fourth-order valence-corrected chi connectivity index (χ4v) is 2.15. The molecule has 0 radical (unpaired) electrons. The Morgan fingerprint density at radius 2 is 1.74 bits per heavy atom. The van der Waals surface area contributed by atoms with E-state index in [-0.39, 0.29) is 5.91 Å². The maximum absolute atomic E-state index is 12.2. The van der Waals surface area contributed by atoms with E-state index in [4.69, 9.17) is 5.73 Å². The molecule has 0 aromatic heterocycles. The zero-order valence-corrected chi connectivity index (χ0v) is 11.2. The first-order valence-electron chi connectivity index (χ1n) is 6.27. The molecule has 2 rings (SSSR count). The standard InChI is InChI=1S/C16H18N2O/c1-11-5-3-6-12(2)15(11)16(19)18-10-13-7-4-8-14(17)9-13/h3-9H,10,17H2,1-2H3,(H,18,19). The number of carbonyl (C=O) groups is 1. The van der Waals surface area contributed by atoms with Crippen molar-refractivity contribution in [1.29, 1.82) is 0 Å². The van der Waals surface area contributed by atoms with Gasteiger partial charge in [0.05, 0.1) is 0 Å². The second-order valence-corrected chi connectivity index (χ2v) is 4.69. The summed E-state index contributed by atoms with van der Waals surface area (Å²) in [5.74, 6) is -0.0435. The van der Waals surface area contributed by atoms with Gasteiger partial charge in [0.25, 0.3) is 5.91 Å². The summed E-state index contributed by atoms with van der Waals surface area (Å²) in [5.41, 5.74) is 10.2. The lowest BCUT2D eigenvalue weighted by atomic mass is 10.0. The summed E-state index contributed by atoms with van der Waals surface area (Å²) in [7, 11) is 0. The molecule has 3 heteroatoms. The van der Waals surface area contributed by atoms with Gasteiger partial charge in [-0.05, 0) is 42.7 Å². The predicted molar refractivity (Wildman–Crippen MR) is 77.9 cm³/mol. The van der Waals surface area contributed by atoms with E-state index in [1.165, 1.54) is 0 Å². The van der Waals surface area contributed by atoms with E-state index in [1.807, 2.05) is 56.3 Å². The third-order valence-electron chi connectivity index (χ3n) is 3.11. The molecule has 2 aromatic carbocycles. The van der Waals surface area contributed by atoms with Crippen molar-refractivity contribution in [3.05, 3.63) is 64.7 Å². The number of nitrogens with two attached hydrogens (primary N) is 1. The molecule has 0 aliphatic heterocycles. The Bertz CT molecular complexity index is 585. The van der Waals surface area contributed by atoms with Crippen molar-refractivity contribution in [3.63, 3.8) is 0 Å². The molecule has 0 saturated carbocycles. The monoisotopic (exact) mass is 254 g/mol. The van der Waals surface area contributed by atoms with Gasteiger partial charge >= 0.3 is 0 Å². The maximum Gasteiger partial charge on any atom is 0.252 e. The van der Waals surface area contributed by atoms with Gasteiger partial charge < -0.3 is 11.1 Å². The van der Waals surface area contributed by atoms with Crippen LogP contribution in [-0.4, -0.2) is 5.91 Å².